The van der Waals surface area contributed by atoms with E-state index in [-0.39, 0.29) is 11.7 Å². The van der Waals surface area contributed by atoms with Gasteiger partial charge in [-0.2, -0.15) is 0 Å². The topological polar surface area (TPSA) is 76.4 Å². The molecule has 122 valence electrons. The average molecular weight is 333 g/mol. The van der Waals surface area contributed by atoms with E-state index in [1.54, 1.807) is 37.3 Å². The van der Waals surface area contributed by atoms with Gasteiger partial charge in [0.2, 0.25) is 5.91 Å². The summed E-state index contributed by atoms with van der Waals surface area (Å²) in [6.45, 7) is 3.61. The summed E-state index contributed by atoms with van der Waals surface area (Å²) in [6.07, 6.45) is 4.14. The molecule has 0 unspecified atom stereocenters. The van der Waals surface area contributed by atoms with E-state index >= 15 is 0 Å². The smallest absolute Gasteiger partial charge is 0.248 e. The lowest BCUT2D eigenvalue weighted by Gasteiger charge is -2.11. The van der Waals surface area contributed by atoms with Crippen molar-refractivity contribution in [3.8, 4) is 0 Å². The second-order valence-corrected chi connectivity index (χ2v) is 7.57. The van der Waals surface area contributed by atoms with E-state index in [1.807, 2.05) is 13.0 Å². The van der Waals surface area contributed by atoms with Crippen LogP contribution in [-0.2, 0) is 20.4 Å². The van der Waals surface area contributed by atoms with Gasteiger partial charge >= 0.3 is 0 Å². The Morgan fingerprint density at radius 2 is 1.96 bits per heavy atom. The Bertz CT molecular complexity index is 847. The van der Waals surface area contributed by atoms with Crippen LogP contribution in [0.3, 0.4) is 0 Å². The number of furan rings is 1. The summed E-state index contributed by atoms with van der Waals surface area (Å²) >= 11 is 0. The zero-order chi connectivity index (χ0) is 17.0. The number of amides is 1. The molecule has 1 amide bonds. The van der Waals surface area contributed by atoms with Crippen molar-refractivity contribution in [2.24, 2.45) is 0 Å². The van der Waals surface area contributed by atoms with Crippen LogP contribution in [0.4, 0.5) is 5.69 Å². The summed E-state index contributed by atoms with van der Waals surface area (Å²) in [5, 5.41) is 2.75. The number of aryl methyl sites for hydroxylation is 1. The van der Waals surface area contributed by atoms with Gasteiger partial charge in [-0.1, -0.05) is 12.1 Å². The number of rotatable bonds is 5. The Morgan fingerprint density at radius 3 is 2.57 bits per heavy atom. The minimum Gasteiger partial charge on any atom is -0.462 e. The zero-order valence-corrected chi connectivity index (χ0v) is 14.1. The lowest BCUT2D eigenvalue weighted by Crippen LogP contribution is -2.10. The van der Waals surface area contributed by atoms with Crippen LogP contribution in [0.15, 0.2) is 40.8 Å². The third-order valence-electron chi connectivity index (χ3n) is 3.28. The predicted molar refractivity (Wildman–Crippen MR) is 90.8 cm³/mol. The van der Waals surface area contributed by atoms with E-state index in [9.17, 15) is 13.2 Å². The maximum atomic E-state index is 12.0. The highest BCUT2D eigenvalue weighted by Crippen LogP contribution is 2.21. The molecule has 6 heteroatoms. The summed E-state index contributed by atoms with van der Waals surface area (Å²) in [7, 11) is -3.13. The van der Waals surface area contributed by atoms with E-state index in [1.165, 1.54) is 12.3 Å². The van der Waals surface area contributed by atoms with Crippen LogP contribution in [0.1, 0.15) is 22.6 Å². The first kappa shape index (κ1) is 17.0. The van der Waals surface area contributed by atoms with Crippen molar-refractivity contribution < 1.29 is 17.6 Å². The van der Waals surface area contributed by atoms with Gasteiger partial charge < -0.3 is 9.73 Å². The third kappa shape index (κ3) is 5.10. The van der Waals surface area contributed by atoms with E-state index in [2.05, 4.69) is 5.32 Å². The highest BCUT2D eigenvalue weighted by molar-refractivity contribution is 7.89. The molecule has 0 atom stereocenters. The lowest BCUT2D eigenvalue weighted by atomic mass is 10.1. The maximum absolute atomic E-state index is 12.0. The zero-order valence-electron chi connectivity index (χ0n) is 13.3. The number of benzene rings is 1. The molecule has 23 heavy (non-hydrogen) atoms. The number of carbonyl (C=O) groups is 1. The highest BCUT2D eigenvalue weighted by Gasteiger charge is 2.10. The molecule has 1 aromatic heterocycles. The van der Waals surface area contributed by atoms with Crippen LogP contribution in [0.25, 0.3) is 6.08 Å². The SMILES string of the molecule is Cc1ccc(C=CC(=O)Nc2cccc(CS(C)(=O)=O)c2C)o1. The fourth-order valence-electron chi connectivity index (χ4n) is 2.13. The first-order valence-corrected chi connectivity index (χ1v) is 9.12. The maximum Gasteiger partial charge on any atom is 0.248 e. The minimum absolute atomic E-state index is 0.0515. The summed E-state index contributed by atoms with van der Waals surface area (Å²) in [5.74, 6) is 1.01. The van der Waals surface area contributed by atoms with Gasteiger partial charge in [-0.15, -0.1) is 0 Å². The van der Waals surface area contributed by atoms with Gasteiger partial charge in [0.1, 0.15) is 11.5 Å². The fourth-order valence-corrected chi connectivity index (χ4v) is 3.01. The van der Waals surface area contributed by atoms with Crippen molar-refractivity contribution in [2.75, 3.05) is 11.6 Å². The standard InChI is InChI=1S/C17H19NO4S/c1-12-7-8-15(22-12)9-10-17(19)18-16-6-4-5-14(13(16)2)11-23(3,20)21/h4-10H,11H2,1-3H3,(H,18,19). The highest BCUT2D eigenvalue weighted by atomic mass is 32.2. The van der Waals surface area contributed by atoms with Gasteiger partial charge in [0, 0.05) is 18.0 Å². The molecule has 1 aromatic carbocycles. The quantitative estimate of drug-likeness (QED) is 0.853. The second-order valence-electron chi connectivity index (χ2n) is 5.43. The molecule has 0 aliphatic heterocycles. The van der Waals surface area contributed by atoms with Crippen molar-refractivity contribution in [1.29, 1.82) is 0 Å². The number of sulfone groups is 1. The molecule has 0 spiro atoms. The number of carbonyl (C=O) groups excluding carboxylic acids is 1. The Labute approximate surface area is 135 Å². The second kappa shape index (κ2) is 6.83. The summed E-state index contributed by atoms with van der Waals surface area (Å²) in [6, 6.07) is 8.80. The van der Waals surface area contributed by atoms with Crippen molar-refractivity contribution in [3.63, 3.8) is 0 Å². The van der Waals surface area contributed by atoms with Crippen LogP contribution < -0.4 is 5.32 Å². The van der Waals surface area contributed by atoms with Crippen LogP contribution in [0, 0.1) is 13.8 Å². The Balaban J connectivity index is 2.12. The van der Waals surface area contributed by atoms with E-state index in [0.29, 0.717) is 17.0 Å². The Morgan fingerprint density at radius 1 is 1.22 bits per heavy atom. The van der Waals surface area contributed by atoms with Crippen LogP contribution in [0.2, 0.25) is 0 Å². The van der Waals surface area contributed by atoms with Gasteiger partial charge in [-0.05, 0) is 49.2 Å². The normalized spacial score (nSPS) is 11.8. The van der Waals surface area contributed by atoms with Gasteiger partial charge in [0.15, 0.2) is 9.84 Å². The first-order chi connectivity index (χ1) is 10.7. The molecule has 0 aliphatic rings. The molecule has 0 radical (unpaired) electrons. The van der Waals surface area contributed by atoms with Gasteiger partial charge in [-0.25, -0.2) is 8.42 Å². The van der Waals surface area contributed by atoms with Crippen molar-refractivity contribution in [3.05, 3.63) is 59.1 Å². The van der Waals surface area contributed by atoms with Crippen LogP contribution in [-0.4, -0.2) is 20.6 Å². The molecule has 0 saturated heterocycles. The third-order valence-corrected chi connectivity index (χ3v) is 4.12. The number of anilines is 1. The van der Waals surface area contributed by atoms with E-state index < -0.39 is 9.84 Å². The van der Waals surface area contributed by atoms with Crippen LogP contribution >= 0.6 is 0 Å². The van der Waals surface area contributed by atoms with Crippen molar-refractivity contribution in [2.45, 2.75) is 19.6 Å². The van der Waals surface area contributed by atoms with E-state index in [4.69, 9.17) is 4.42 Å². The molecule has 1 N–H and O–H groups in total. The summed E-state index contributed by atoms with van der Waals surface area (Å²) in [5.41, 5.74) is 2.01. The molecule has 0 bridgehead atoms. The average Bonchev–Trinajstić information content (AvgIpc) is 2.85. The number of hydrogen-bond acceptors (Lipinski definition) is 4. The molecular weight excluding hydrogens is 314 g/mol. The summed E-state index contributed by atoms with van der Waals surface area (Å²) in [4.78, 5) is 12.0. The molecule has 2 rings (SSSR count). The molecule has 1 heterocycles. The Kier molecular flexibility index (Phi) is 5.05. The van der Waals surface area contributed by atoms with Crippen molar-refractivity contribution >= 4 is 27.5 Å². The first-order valence-electron chi connectivity index (χ1n) is 7.06. The predicted octanol–water partition coefficient (Wildman–Crippen LogP) is 3.09. The van der Waals surface area contributed by atoms with Crippen molar-refractivity contribution in [1.82, 2.24) is 0 Å². The van der Waals surface area contributed by atoms with Gasteiger partial charge in [-0.3, -0.25) is 4.79 Å². The molecule has 2 aromatic rings. The number of nitrogens with one attached hydrogen (secondary N) is 1. The lowest BCUT2D eigenvalue weighted by molar-refractivity contribution is -0.111. The molecule has 0 aliphatic carbocycles. The van der Waals surface area contributed by atoms with Gasteiger partial charge in [0.05, 0.1) is 5.75 Å². The van der Waals surface area contributed by atoms with Gasteiger partial charge in [0.25, 0.3) is 0 Å². The fraction of sp³-hybridized carbons (Fsp3) is 0.235. The Hall–Kier alpha value is -2.34. The van der Waals surface area contributed by atoms with E-state index in [0.717, 1.165) is 11.3 Å². The largest absolute Gasteiger partial charge is 0.462 e. The molecule has 5 nitrogen and oxygen atoms in total. The molecule has 0 fully saturated rings. The molecule has 0 saturated carbocycles. The molecular formula is C17H19NO4S. The van der Waals surface area contributed by atoms with Crippen LogP contribution in [0.5, 0.6) is 0 Å². The number of hydrogen-bond donors (Lipinski definition) is 1. The summed E-state index contributed by atoms with van der Waals surface area (Å²) < 4.78 is 28.2. The monoisotopic (exact) mass is 333 g/mol. The minimum atomic E-state index is -3.13.